The number of hydrogen-bond donors (Lipinski definition) is 0. The van der Waals surface area contributed by atoms with Gasteiger partial charge < -0.3 is 14.5 Å². The zero-order valence-corrected chi connectivity index (χ0v) is 17.3. The molecular weight excluding hydrogens is 380 g/mol. The molecule has 2 aromatic rings. The largest absolute Gasteiger partial charge is 0.379 e. The van der Waals surface area contributed by atoms with Crippen molar-refractivity contribution in [3.63, 3.8) is 0 Å². The third-order valence-electron chi connectivity index (χ3n) is 6.85. The van der Waals surface area contributed by atoms with Gasteiger partial charge in [0.25, 0.3) is 5.91 Å². The van der Waals surface area contributed by atoms with Gasteiger partial charge in [0.15, 0.2) is 0 Å². The third kappa shape index (κ3) is 3.56. The molecule has 1 aromatic carbocycles. The summed E-state index contributed by atoms with van der Waals surface area (Å²) in [4.78, 5) is 37.0. The molecule has 1 aromatic heterocycles. The van der Waals surface area contributed by atoms with Crippen molar-refractivity contribution >= 4 is 22.7 Å². The number of likely N-dealkylation sites (tertiary alicyclic amines) is 2. The molecule has 3 aliphatic heterocycles. The second-order valence-electron chi connectivity index (χ2n) is 8.64. The number of ether oxygens (including phenoxy) is 1. The van der Waals surface area contributed by atoms with Gasteiger partial charge in [0.2, 0.25) is 5.91 Å². The van der Waals surface area contributed by atoms with Gasteiger partial charge >= 0.3 is 0 Å². The second kappa shape index (κ2) is 7.96. The molecule has 1 atom stereocenters. The molecule has 1 unspecified atom stereocenters. The number of amides is 2. The summed E-state index contributed by atoms with van der Waals surface area (Å²) in [6.07, 6.45) is 1.59. The summed E-state index contributed by atoms with van der Waals surface area (Å²) >= 11 is 0. The van der Waals surface area contributed by atoms with Gasteiger partial charge in [-0.3, -0.25) is 14.5 Å². The van der Waals surface area contributed by atoms with Crippen LogP contribution in [-0.2, 0) is 9.53 Å². The molecule has 4 heterocycles. The first-order valence-electron chi connectivity index (χ1n) is 10.9. The van der Waals surface area contributed by atoms with E-state index < -0.39 is 5.41 Å². The molecular formula is C23H28N4O3. The maximum Gasteiger partial charge on any atom is 0.272 e. The van der Waals surface area contributed by atoms with E-state index in [9.17, 15) is 9.59 Å². The minimum Gasteiger partial charge on any atom is -0.379 e. The van der Waals surface area contributed by atoms with E-state index >= 15 is 0 Å². The van der Waals surface area contributed by atoms with E-state index in [-0.39, 0.29) is 11.8 Å². The Bertz CT molecular complexity index is 958. The van der Waals surface area contributed by atoms with Gasteiger partial charge in [-0.2, -0.15) is 0 Å². The van der Waals surface area contributed by atoms with Crippen LogP contribution >= 0.6 is 0 Å². The first-order chi connectivity index (χ1) is 14.6. The van der Waals surface area contributed by atoms with E-state index in [0.29, 0.717) is 18.8 Å². The quantitative estimate of drug-likeness (QED) is 0.769. The molecule has 158 valence electrons. The van der Waals surface area contributed by atoms with Crippen molar-refractivity contribution in [1.29, 1.82) is 0 Å². The average Bonchev–Trinajstić information content (AvgIpc) is 3.37. The van der Waals surface area contributed by atoms with Gasteiger partial charge in [-0.05, 0) is 25.0 Å². The number of pyridine rings is 1. The van der Waals surface area contributed by atoms with Crippen LogP contribution in [0.4, 0.5) is 0 Å². The van der Waals surface area contributed by atoms with E-state index in [1.165, 1.54) is 0 Å². The molecule has 7 heteroatoms. The van der Waals surface area contributed by atoms with Crippen LogP contribution in [0.2, 0.25) is 0 Å². The van der Waals surface area contributed by atoms with Gasteiger partial charge in [0.1, 0.15) is 5.69 Å². The number of para-hydroxylation sites is 1. The second-order valence-corrected chi connectivity index (χ2v) is 8.64. The highest BCUT2D eigenvalue weighted by Crippen LogP contribution is 2.41. The topological polar surface area (TPSA) is 66.0 Å². The average molecular weight is 409 g/mol. The minimum absolute atomic E-state index is 0.0720. The summed E-state index contributed by atoms with van der Waals surface area (Å²) in [6, 6.07) is 11.5. The van der Waals surface area contributed by atoms with Gasteiger partial charge in [-0.25, -0.2) is 4.98 Å². The van der Waals surface area contributed by atoms with Gasteiger partial charge in [-0.1, -0.05) is 24.3 Å². The van der Waals surface area contributed by atoms with Crippen molar-refractivity contribution < 1.29 is 14.3 Å². The van der Waals surface area contributed by atoms with E-state index in [4.69, 9.17) is 4.74 Å². The van der Waals surface area contributed by atoms with E-state index in [2.05, 4.69) is 9.88 Å². The maximum absolute atomic E-state index is 13.2. The summed E-state index contributed by atoms with van der Waals surface area (Å²) in [7, 11) is 0. The fraction of sp³-hybridized carbons (Fsp3) is 0.522. The van der Waals surface area contributed by atoms with Crippen molar-refractivity contribution in [1.82, 2.24) is 19.7 Å². The number of rotatable bonds is 4. The zero-order chi connectivity index (χ0) is 20.6. The molecule has 1 spiro atoms. The Hall–Kier alpha value is -2.51. The van der Waals surface area contributed by atoms with Crippen LogP contribution in [-0.4, -0.2) is 90.5 Å². The lowest BCUT2D eigenvalue weighted by molar-refractivity contribution is -0.135. The van der Waals surface area contributed by atoms with Crippen LogP contribution in [0.1, 0.15) is 23.3 Å². The van der Waals surface area contributed by atoms with Gasteiger partial charge in [0.05, 0.1) is 24.1 Å². The summed E-state index contributed by atoms with van der Waals surface area (Å²) in [5.41, 5.74) is 0.876. The standard InChI is InChI=1S/C23H28N4O3/c28-21(20-6-5-18-3-1-2-4-19(18)24-20)27-10-8-23(17-27)7-9-26(22(23)29)12-11-25-13-15-30-16-14-25/h1-6H,7-17H2. The fourth-order valence-electron chi connectivity index (χ4n) is 4.96. The molecule has 3 aliphatic rings. The highest BCUT2D eigenvalue weighted by molar-refractivity contribution is 5.96. The van der Waals surface area contributed by atoms with Gasteiger partial charge in [0, 0.05) is 51.2 Å². The van der Waals surface area contributed by atoms with Crippen molar-refractivity contribution in [3.05, 3.63) is 42.1 Å². The third-order valence-corrected chi connectivity index (χ3v) is 6.85. The van der Waals surface area contributed by atoms with Crippen molar-refractivity contribution in [2.75, 3.05) is 59.0 Å². The minimum atomic E-state index is -0.405. The summed E-state index contributed by atoms with van der Waals surface area (Å²) in [5, 5.41) is 1.02. The summed E-state index contributed by atoms with van der Waals surface area (Å²) in [6.45, 7) is 7.01. The SMILES string of the molecule is O=C(c1ccc2ccccc2n1)N1CCC2(CCN(CCN3CCOCC3)C2=O)C1. The fourth-order valence-corrected chi connectivity index (χ4v) is 4.96. The molecule has 0 saturated carbocycles. The molecule has 2 amide bonds. The van der Waals surface area contributed by atoms with Crippen LogP contribution in [0.15, 0.2) is 36.4 Å². The number of fused-ring (bicyclic) bond motifs is 1. The first-order valence-corrected chi connectivity index (χ1v) is 10.9. The molecule has 3 saturated heterocycles. The lowest BCUT2D eigenvalue weighted by Gasteiger charge is -2.29. The summed E-state index contributed by atoms with van der Waals surface area (Å²) in [5.74, 6) is 0.148. The lowest BCUT2D eigenvalue weighted by atomic mass is 9.85. The Morgan fingerprint density at radius 1 is 1.00 bits per heavy atom. The number of hydrogen-bond acceptors (Lipinski definition) is 5. The Labute approximate surface area is 176 Å². The molecule has 0 aliphatic carbocycles. The van der Waals surface area contributed by atoms with Crippen LogP contribution in [0, 0.1) is 5.41 Å². The molecule has 5 rings (SSSR count). The monoisotopic (exact) mass is 408 g/mol. The normalized spacial score (nSPS) is 25.0. The zero-order valence-electron chi connectivity index (χ0n) is 17.3. The van der Waals surface area contributed by atoms with Crippen LogP contribution < -0.4 is 0 Å². The highest BCUT2D eigenvalue weighted by atomic mass is 16.5. The van der Waals surface area contributed by atoms with Crippen molar-refractivity contribution in [2.24, 2.45) is 5.41 Å². The highest BCUT2D eigenvalue weighted by Gasteiger charge is 2.51. The number of morpholine rings is 1. The predicted molar refractivity (Wildman–Crippen MR) is 113 cm³/mol. The maximum atomic E-state index is 13.2. The van der Waals surface area contributed by atoms with Crippen molar-refractivity contribution in [2.45, 2.75) is 12.8 Å². The predicted octanol–water partition coefficient (Wildman–Crippen LogP) is 1.63. The van der Waals surface area contributed by atoms with Crippen LogP contribution in [0.3, 0.4) is 0 Å². The molecule has 7 nitrogen and oxygen atoms in total. The Morgan fingerprint density at radius 2 is 1.80 bits per heavy atom. The molecule has 0 N–H and O–H groups in total. The Kier molecular flexibility index (Phi) is 5.16. The number of aromatic nitrogens is 1. The van der Waals surface area contributed by atoms with Crippen LogP contribution in [0.25, 0.3) is 10.9 Å². The number of benzene rings is 1. The number of nitrogens with zero attached hydrogens (tertiary/aromatic N) is 4. The molecule has 30 heavy (non-hydrogen) atoms. The van der Waals surface area contributed by atoms with Gasteiger partial charge in [-0.15, -0.1) is 0 Å². The summed E-state index contributed by atoms with van der Waals surface area (Å²) < 4.78 is 5.40. The van der Waals surface area contributed by atoms with Crippen molar-refractivity contribution in [3.8, 4) is 0 Å². The molecule has 0 radical (unpaired) electrons. The molecule has 3 fully saturated rings. The number of carbonyl (C=O) groups excluding carboxylic acids is 2. The lowest BCUT2D eigenvalue weighted by Crippen LogP contribution is -2.44. The Balaban J connectivity index is 1.23. The number of carbonyl (C=O) groups is 2. The van der Waals surface area contributed by atoms with E-state index in [1.54, 1.807) is 6.07 Å². The van der Waals surface area contributed by atoms with Crippen LogP contribution in [0.5, 0.6) is 0 Å². The molecule has 0 bridgehead atoms. The Morgan fingerprint density at radius 3 is 2.67 bits per heavy atom. The first kappa shape index (κ1) is 19.5. The van der Waals surface area contributed by atoms with E-state index in [0.717, 1.165) is 69.7 Å². The smallest absolute Gasteiger partial charge is 0.272 e. The van der Waals surface area contributed by atoms with E-state index in [1.807, 2.05) is 40.1 Å².